The summed E-state index contributed by atoms with van der Waals surface area (Å²) in [6.07, 6.45) is 6.49. The first-order valence-electron chi connectivity index (χ1n) is 4.85. The quantitative estimate of drug-likeness (QED) is 0.671. The van der Waals surface area contributed by atoms with Gasteiger partial charge in [-0.3, -0.25) is 4.79 Å². The smallest absolute Gasteiger partial charge is 0.260 e. The second-order valence-corrected chi connectivity index (χ2v) is 6.45. The third-order valence-electron chi connectivity index (χ3n) is 2.66. The van der Waals surface area contributed by atoms with Crippen LogP contribution in [0.3, 0.4) is 0 Å². The summed E-state index contributed by atoms with van der Waals surface area (Å²) in [5.41, 5.74) is 0. The summed E-state index contributed by atoms with van der Waals surface area (Å²) in [6.45, 7) is 4.70. The molecule has 0 saturated carbocycles. The molecule has 1 fully saturated rings. The summed E-state index contributed by atoms with van der Waals surface area (Å²) in [5, 5.41) is 0. The van der Waals surface area contributed by atoms with Crippen LogP contribution in [0.4, 0.5) is 0 Å². The van der Waals surface area contributed by atoms with Crippen molar-refractivity contribution in [1.82, 2.24) is 4.31 Å². The Balaban J connectivity index is 3.02. The maximum atomic E-state index is 11.8. The van der Waals surface area contributed by atoms with Gasteiger partial charge in [-0.2, -0.15) is 0 Å². The normalized spacial score (nSPS) is 24.1. The highest BCUT2D eigenvalue weighted by atomic mass is 32.2. The van der Waals surface area contributed by atoms with Gasteiger partial charge in [0.2, 0.25) is 0 Å². The average Bonchev–Trinajstić information content (AvgIpc) is 2.16. The van der Waals surface area contributed by atoms with E-state index in [2.05, 4.69) is 5.92 Å². The van der Waals surface area contributed by atoms with Crippen LogP contribution in [-0.4, -0.2) is 29.4 Å². The Hall–Kier alpha value is -1.02. The number of carbonyl (C=O) groups excluding carboxylic acids is 1. The van der Waals surface area contributed by atoms with Crippen molar-refractivity contribution in [3.63, 3.8) is 0 Å². The van der Waals surface area contributed by atoms with E-state index in [4.69, 9.17) is 6.42 Å². The molecule has 1 atom stereocenters. The van der Waals surface area contributed by atoms with E-state index in [1.807, 2.05) is 6.92 Å². The van der Waals surface area contributed by atoms with Gasteiger partial charge in [0, 0.05) is 0 Å². The summed E-state index contributed by atoms with van der Waals surface area (Å²) in [4.78, 5) is 11.6. The predicted molar refractivity (Wildman–Crippen MR) is 57.4 cm³/mol. The lowest BCUT2D eigenvalue weighted by molar-refractivity contribution is -0.133. The van der Waals surface area contributed by atoms with Gasteiger partial charge in [0.25, 0.3) is 15.9 Å². The molecule has 4 nitrogen and oxygen atoms in total. The molecule has 1 heterocycles. The van der Waals surface area contributed by atoms with Crippen LogP contribution < -0.4 is 0 Å². The molecule has 1 amide bonds. The zero-order valence-corrected chi connectivity index (χ0v) is 9.97. The van der Waals surface area contributed by atoms with E-state index >= 15 is 0 Å². The lowest BCUT2D eigenvalue weighted by Gasteiger charge is -2.45. The van der Waals surface area contributed by atoms with Gasteiger partial charge in [0.15, 0.2) is 4.75 Å². The molecule has 0 aromatic heterocycles. The Labute approximate surface area is 90.7 Å². The number of hydrogen-bond acceptors (Lipinski definition) is 3. The van der Waals surface area contributed by atoms with E-state index in [1.54, 1.807) is 0 Å². The molecule has 0 aliphatic carbocycles. The van der Waals surface area contributed by atoms with Gasteiger partial charge in [0.05, 0.1) is 0 Å². The van der Waals surface area contributed by atoms with Crippen molar-refractivity contribution >= 4 is 15.9 Å². The average molecular weight is 229 g/mol. The number of sulfonamides is 1. The van der Waals surface area contributed by atoms with Crippen molar-refractivity contribution in [1.29, 1.82) is 0 Å². The van der Waals surface area contributed by atoms with Crippen LogP contribution in [0.2, 0.25) is 0 Å². The molecular formula is C10H15NO3S. The van der Waals surface area contributed by atoms with Crippen molar-refractivity contribution in [2.45, 2.75) is 44.4 Å². The molecule has 0 aromatic rings. The summed E-state index contributed by atoms with van der Waals surface area (Å²) >= 11 is 0. The maximum absolute atomic E-state index is 11.8. The number of amides is 1. The van der Waals surface area contributed by atoms with E-state index in [9.17, 15) is 13.2 Å². The van der Waals surface area contributed by atoms with Crippen LogP contribution in [0.1, 0.15) is 33.6 Å². The number of nitrogens with zero attached hydrogens (tertiary/aromatic N) is 1. The fourth-order valence-electron chi connectivity index (χ4n) is 1.54. The second-order valence-electron chi connectivity index (χ2n) is 4.09. The first-order chi connectivity index (χ1) is 6.80. The molecule has 0 aromatic carbocycles. The summed E-state index contributed by atoms with van der Waals surface area (Å²) in [6, 6.07) is -0.625. The van der Waals surface area contributed by atoms with Crippen molar-refractivity contribution in [2.75, 3.05) is 0 Å². The van der Waals surface area contributed by atoms with Crippen LogP contribution in [0.25, 0.3) is 0 Å². The third kappa shape index (κ3) is 1.44. The lowest BCUT2D eigenvalue weighted by atomic mass is 10.1. The Bertz CT molecular complexity index is 416. The Morgan fingerprint density at radius 1 is 1.53 bits per heavy atom. The molecular weight excluding hydrogens is 214 g/mol. The number of rotatable bonds is 3. The zero-order valence-electron chi connectivity index (χ0n) is 9.15. The van der Waals surface area contributed by atoms with E-state index in [1.165, 1.54) is 13.8 Å². The lowest BCUT2D eigenvalue weighted by Crippen LogP contribution is -2.69. The number of hydrogen-bond donors (Lipinski definition) is 0. The van der Waals surface area contributed by atoms with Crippen LogP contribution in [-0.2, 0) is 14.8 Å². The van der Waals surface area contributed by atoms with Crippen molar-refractivity contribution in [2.24, 2.45) is 0 Å². The zero-order chi connectivity index (χ0) is 11.9. The molecule has 1 rings (SSSR count). The number of carbonyl (C=O) groups is 1. The minimum atomic E-state index is -3.54. The highest BCUT2D eigenvalue weighted by Gasteiger charge is 2.61. The largest absolute Gasteiger partial charge is 0.272 e. The fourth-order valence-corrected chi connectivity index (χ4v) is 3.17. The Morgan fingerprint density at radius 3 is 2.40 bits per heavy atom. The van der Waals surface area contributed by atoms with Gasteiger partial charge < -0.3 is 0 Å². The minimum absolute atomic E-state index is 0.404. The third-order valence-corrected chi connectivity index (χ3v) is 5.06. The van der Waals surface area contributed by atoms with Crippen LogP contribution >= 0.6 is 0 Å². The molecule has 0 bridgehead atoms. The van der Waals surface area contributed by atoms with Crippen molar-refractivity contribution in [3.8, 4) is 12.3 Å². The Kier molecular flexibility index (Phi) is 2.83. The SMILES string of the molecule is C#CC(CCC)N1C(=O)C(C)(C)S1(=O)=O. The highest BCUT2D eigenvalue weighted by molar-refractivity contribution is 7.94. The van der Waals surface area contributed by atoms with E-state index in [0.717, 1.165) is 10.7 Å². The van der Waals surface area contributed by atoms with E-state index in [-0.39, 0.29) is 0 Å². The van der Waals surface area contributed by atoms with Crippen LogP contribution in [0, 0.1) is 12.3 Å². The topological polar surface area (TPSA) is 54.5 Å². The van der Waals surface area contributed by atoms with Crippen LogP contribution in [0.5, 0.6) is 0 Å². The Morgan fingerprint density at radius 2 is 2.07 bits per heavy atom. The van der Waals surface area contributed by atoms with Gasteiger partial charge in [-0.1, -0.05) is 19.3 Å². The van der Waals surface area contributed by atoms with Crippen LogP contribution in [0.15, 0.2) is 0 Å². The summed E-state index contributed by atoms with van der Waals surface area (Å²) in [5.74, 6) is 1.95. The van der Waals surface area contributed by atoms with Crippen molar-refractivity contribution in [3.05, 3.63) is 0 Å². The fraction of sp³-hybridized carbons (Fsp3) is 0.700. The molecule has 0 N–H and O–H groups in total. The molecule has 0 radical (unpaired) electrons. The van der Waals surface area contributed by atoms with Crippen molar-refractivity contribution < 1.29 is 13.2 Å². The number of terminal acetylenes is 1. The molecule has 1 aliphatic rings. The van der Waals surface area contributed by atoms with Gasteiger partial charge in [0.1, 0.15) is 6.04 Å². The summed E-state index contributed by atoms with van der Waals surface area (Å²) < 4.78 is 23.1. The summed E-state index contributed by atoms with van der Waals surface area (Å²) in [7, 11) is -3.54. The molecule has 1 saturated heterocycles. The molecule has 1 aliphatic heterocycles. The monoisotopic (exact) mass is 229 g/mol. The van der Waals surface area contributed by atoms with Gasteiger partial charge >= 0.3 is 0 Å². The minimum Gasteiger partial charge on any atom is -0.272 e. The van der Waals surface area contributed by atoms with E-state index < -0.39 is 26.7 Å². The second kappa shape index (κ2) is 3.53. The molecule has 15 heavy (non-hydrogen) atoms. The maximum Gasteiger partial charge on any atom is 0.260 e. The molecule has 0 spiro atoms. The van der Waals surface area contributed by atoms with Gasteiger partial charge in [-0.05, 0) is 20.3 Å². The first-order valence-corrected chi connectivity index (χ1v) is 6.29. The van der Waals surface area contributed by atoms with Gasteiger partial charge in [-0.15, -0.1) is 6.42 Å². The predicted octanol–water partition coefficient (Wildman–Crippen LogP) is 0.739. The highest BCUT2D eigenvalue weighted by Crippen LogP contribution is 2.37. The van der Waals surface area contributed by atoms with Gasteiger partial charge in [-0.25, -0.2) is 12.7 Å². The first kappa shape index (κ1) is 12.1. The molecule has 5 heteroatoms. The van der Waals surface area contributed by atoms with E-state index in [0.29, 0.717) is 6.42 Å². The molecule has 1 unspecified atom stereocenters. The standard InChI is InChI=1S/C10H15NO3S/c1-5-7-8(6-2)11-9(12)10(3,4)15(11,13)14/h2,8H,5,7H2,1,3-4H3. The molecule has 84 valence electrons.